The van der Waals surface area contributed by atoms with E-state index in [1.54, 1.807) is 24.3 Å². The fourth-order valence-electron chi connectivity index (χ4n) is 2.41. The molecule has 4 nitrogen and oxygen atoms in total. The molecule has 0 bridgehead atoms. The zero-order valence-corrected chi connectivity index (χ0v) is 14.5. The van der Waals surface area contributed by atoms with Crippen LogP contribution in [-0.2, 0) is 0 Å². The van der Waals surface area contributed by atoms with Gasteiger partial charge in [-0.05, 0) is 57.2 Å². The lowest BCUT2D eigenvalue weighted by atomic mass is 10.2. The van der Waals surface area contributed by atoms with E-state index in [9.17, 15) is 4.79 Å². The molecule has 0 spiro atoms. The topological polar surface area (TPSA) is 44.1 Å². The van der Waals surface area contributed by atoms with Gasteiger partial charge in [-0.25, -0.2) is 0 Å². The highest BCUT2D eigenvalue weighted by atomic mass is 35.5. The third-order valence-corrected chi connectivity index (χ3v) is 4.00. The monoisotopic (exact) mass is 340 g/mol. The van der Waals surface area contributed by atoms with Gasteiger partial charge < -0.3 is 4.74 Å². The Hall–Kier alpha value is -2.59. The molecule has 0 unspecified atom stereocenters. The molecule has 1 heterocycles. The van der Waals surface area contributed by atoms with Crippen LogP contribution in [0.25, 0.3) is 0 Å². The second-order valence-electron chi connectivity index (χ2n) is 5.64. The number of ether oxygens (including phenoxy) is 1. The van der Waals surface area contributed by atoms with E-state index in [0.717, 1.165) is 5.56 Å². The molecular formula is C19H17ClN2O2. The minimum absolute atomic E-state index is 0.217. The minimum Gasteiger partial charge on any atom is -0.453 e. The van der Waals surface area contributed by atoms with Crippen molar-refractivity contribution >= 4 is 17.5 Å². The van der Waals surface area contributed by atoms with Gasteiger partial charge in [0.05, 0.1) is 5.69 Å². The molecule has 0 radical (unpaired) electrons. The van der Waals surface area contributed by atoms with Crippen molar-refractivity contribution < 1.29 is 9.53 Å². The van der Waals surface area contributed by atoms with Crippen molar-refractivity contribution in [1.82, 2.24) is 9.78 Å². The number of aromatic nitrogens is 2. The predicted octanol–water partition coefficient (Wildman–Crippen LogP) is 4.94. The smallest absolute Gasteiger partial charge is 0.278 e. The molecule has 0 N–H and O–H groups in total. The van der Waals surface area contributed by atoms with Crippen molar-refractivity contribution in [3.63, 3.8) is 0 Å². The van der Waals surface area contributed by atoms with E-state index in [0.29, 0.717) is 33.5 Å². The Morgan fingerprint density at radius 3 is 2.25 bits per heavy atom. The van der Waals surface area contributed by atoms with Crippen molar-refractivity contribution in [3.8, 4) is 11.5 Å². The maximum absolute atomic E-state index is 12.6. The molecule has 2 aromatic carbocycles. The number of hydrogen-bond donors (Lipinski definition) is 0. The molecular weight excluding hydrogens is 324 g/mol. The molecule has 24 heavy (non-hydrogen) atoms. The first kappa shape index (κ1) is 16.3. The zero-order chi connectivity index (χ0) is 17.3. The Labute approximate surface area is 145 Å². The van der Waals surface area contributed by atoms with E-state index in [1.807, 2.05) is 45.0 Å². The first-order valence-electron chi connectivity index (χ1n) is 7.56. The van der Waals surface area contributed by atoms with E-state index < -0.39 is 0 Å². The minimum atomic E-state index is -0.217. The summed E-state index contributed by atoms with van der Waals surface area (Å²) in [6.45, 7) is 5.66. The number of hydrogen-bond acceptors (Lipinski definition) is 3. The number of nitrogens with zero attached hydrogens (tertiary/aromatic N) is 2. The molecule has 0 atom stereocenters. The fraction of sp³-hybridized carbons (Fsp3) is 0.158. The SMILES string of the molecule is Cc1ccc(Oc2c(C)nn(C(=O)c3ccc(Cl)cc3)c2C)cc1. The highest BCUT2D eigenvalue weighted by Crippen LogP contribution is 2.29. The van der Waals surface area contributed by atoms with Crippen molar-refractivity contribution in [2.75, 3.05) is 0 Å². The van der Waals surface area contributed by atoms with Crippen LogP contribution in [0.5, 0.6) is 11.5 Å². The van der Waals surface area contributed by atoms with Crippen LogP contribution in [0, 0.1) is 20.8 Å². The summed E-state index contributed by atoms with van der Waals surface area (Å²) in [6.07, 6.45) is 0. The summed E-state index contributed by atoms with van der Waals surface area (Å²) in [6, 6.07) is 14.5. The van der Waals surface area contributed by atoms with Crippen molar-refractivity contribution in [3.05, 3.63) is 76.1 Å². The highest BCUT2D eigenvalue weighted by molar-refractivity contribution is 6.30. The number of carbonyl (C=O) groups excluding carboxylic acids is 1. The Morgan fingerprint density at radius 1 is 1.00 bits per heavy atom. The molecule has 122 valence electrons. The Morgan fingerprint density at radius 2 is 1.62 bits per heavy atom. The number of benzene rings is 2. The molecule has 0 saturated heterocycles. The van der Waals surface area contributed by atoms with Gasteiger partial charge in [-0.1, -0.05) is 29.3 Å². The van der Waals surface area contributed by atoms with E-state index in [4.69, 9.17) is 16.3 Å². The largest absolute Gasteiger partial charge is 0.453 e. The van der Waals surface area contributed by atoms with Gasteiger partial charge in [-0.2, -0.15) is 9.78 Å². The Balaban J connectivity index is 1.92. The molecule has 1 aromatic heterocycles. The third kappa shape index (κ3) is 3.19. The summed E-state index contributed by atoms with van der Waals surface area (Å²) in [5.41, 5.74) is 3.00. The molecule has 3 rings (SSSR count). The summed E-state index contributed by atoms with van der Waals surface area (Å²) >= 11 is 5.87. The second-order valence-corrected chi connectivity index (χ2v) is 6.08. The Kier molecular flexibility index (Phi) is 4.40. The number of carbonyl (C=O) groups is 1. The Bertz CT molecular complexity index is 881. The van der Waals surface area contributed by atoms with E-state index in [-0.39, 0.29) is 5.91 Å². The summed E-state index contributed by atoms with van der Waals surface area (Å²) in [7, 11) is 0. The number of rotatable bonds is 3. The van der Waals surface area contributed by atoms with Crippen molar-refractivity contribution in [2.24, 2.45) is 0 Å². The molecule has 0 fully saturated rings. The maximum Gasteiger partial charge on any atom is 0.278 e. The predicted molar refractivity (Wildman–Crippen MR) is 94.1 cm³/mol. The molecule has 3 aromatic rings. The molecule has 0 amide bonds. The average molecular weight is 341 g/mol. The van der Waals surface area contributed by atoms with Crippen LogP contribution >= 0.6 is 11.6 Å². The lowest BCUT2D eigenvalue weighted by Crippen LogP contribution is -2.15. The maximum atomic E-state index is 12.6. The zero-order valence-electron chi connectivity index (χ0n) is 13.7. The quantitative estimate of drug-likeness (QED) is 0.678. The average Bonchev–Trinajstić information content (AvgIpc) is 2.85. The van der Waals surface area contributed by atoms with Gasteiger partial charge in [0.15, 0.2) is 5.75 Å². The third-order valence-electron chi connectivity index (χ3n) is 3.75. The van der Waals surface area contributed by atoms with Crippen LogP contribution in [0.4, 0.5) is 0 Å². The van der Waals surface area contributed by atoms with Gasteiger partial charge in [-0.3, -0.25) is 4.79 Å². The number of aryl methyl sites for hydroxylation is 2. The molecule has 0 saturated carbocycles. The summed E-state index contributed by atoms with van der Waals surface area (Å²) in [5, 5.41) is 4.92. The summed E-state index contributed by atoms with van der Waals surface area (Å²) < 4.78 is 7.29. The van der Waals surface area contributed by atoms with Crippen LogP contribution in [0.2, 0.25) is 5.02 Å². The second kappa shape index (κ2) is 6.49. The first-order chi connectivity index (χ1) is 11.5. The van der Waals surface area contributed by atoms with Crippen molar-refractivity contribution in [1.29, 1.82) is 0 Å². The van der Waals surface area contributed by atoms with Gasteiger partial charge in [0.1, 0.15) is 11.4 Å². The lowest BCUT2D eigenvalue weighted by Gasteiger charge is -2.07. The normalized spacial score (nSPS) is 10.7. The highest BCUT2D eigenvalue weighted by Gasteiger charge is 2.19. The van der Waals surface area contributed by atoms with Gasteiger partial charge in [0.25, 0.3) is 5.91 Å². The van der Waals surface area contributed by atoms with E-state index in [2.05, 4.69) is 5.10 Å². The lowest BCUT2D eigenvalue weighted by molar-refractivity contribution is 0.0942. The van der Waals surface area contributed by atoms with Crippen LogP contribution in [0.15, 0.2) is 48.5 Å². The van der Waals surface area contributed by atoms with Gasteiger partial charge >= 0.3 is 0 Å². The first-order valence-corrected chi connectivity index (χ1v) is 7.94. The summed E-state index contributed by atoms with van der Waals surface area (Å²) in [5.74, 6) is 1.09. The van der Waals surface area contributed by atoms with Crippen LogP contribution in [-0.4, -0.2) is 15.7 Å². The van der Waals surface area contributed by atoms with Crippen LogP contribution in [0.3, 0.4) is 0 Å². The molecule has 0 aliphatic heterocycles. The van der Waals surface area contributed by atoms with E-state index >= 15 is 0 Å². The van der Waals surface area contributed by atoms with Gasteiger partial charge in [-0.15, -0.1) is 0 Å². The van der Waals surface area contributed by atoms with Crippen molar-refractivity contribution in [2.45, 2.75) is 20.8 Å². The standard InChI is InChI=1S/C19H17ClN2O2/c1-12-4-10-17(11-5-12)24-18-13(2)21-22(14(18)3)19(23)15-6-8-16(20)9-7-15/h4-11H,1-3H3. The number of halogens is 1. The summed E-state index contributed by atoms with van der Waals surface area (Å²) in [4.78, 5) is 12.6. The molecule has 0 aliphatic rings. The fourth-order valence-corrected chi connectivity index (χ4v) is 2.54. The van der Waals surface area contributed by atoms with Crippen LogP contribution < -0.4 is 4.74 Å². The van der Waals surface area contributed by atoms with Gasteiger partial charge in [0, 0.05) is 10.6 Å². The molecule has 5 heteroatoms. The van der Waals surface area contributed by atoms with Crippen LogP contribution in [0.1, 0.15) is 27.3 Å². The van der Waals surface area contributed by atoms with Gasteiger partial charge in [0.2, 0.25) is 0 Å². The van der Waals surface area contributed by atoms with E-state index in [1.165, 1.54) is 4.68 Å². The molecule has 0 aliphatic carbocycles.